The summed E-state index contributed by atoms with van der Waals surface area (Å²) < 4.78 is 46.9. The number of aliphatic carboxylic acids is 1. The largest absolute Gasteiger partial charge is 0.494 e. The summed E-state index contributed by atoms with van der Waals surface area (Å²) in [5.74, 6) is -1.52. The number of carboxylic acids is 1. The van der Waals surface area contributed by atoms with Crippen LogP contribution in [0.5, 0.6) is 11.6 Å². The minimum absolute atomic E-state index is 0.00199. The van der Waals surface area contributed by atoms with E-state index in [0.29, 0.717) is 17.9 Å². The molecule has 28 heavy (non-hydrogen) atoms. The molecular formula is C18H17F3N2O5. The Morgan fingerprint density at radius 3 is 2.46 bits per heavy atom. The van der Waals surface area contributed by atoms with Crippen molar-refractivity contribution in [1.29, 1.82) is 0 Å². The highest BCUT2D eigenvalue weighted by molar-refractivity contribution is 6.05. The summed E-state index contributed by atoms with van der Waals surface area (Å²) in [5.41, 5.74) is 0.245. The van der Waals surface area contributed by atoms with Crippen LogP contribution in [0.2, 0.25) is 0 Å². The third kappa shape index (κ3) is 7.14. The van der Waals surface area contributed by atoms with Crippen LogP contribution in [0.25, 0.3) is 0 Å². The summed E-state index contributed by atoms with van der Waals surface area (Å²) in [6.45, 7) is -1.33. The van der Waals surface area contributed by atoms with E-state index in [1.807, 2.05) is 0 Å². The van der Waals surface area contributed by atoms with E-state index in [-0.39, 0.29) is 18.6 Å². The number of ether oxygens (including phenoxy) is 2. The zero-order valence-electron chi connectivity index (χ0n) is 14.5. The molecule has 0 saturated heterocycles. The van der Waals surface area contributed by atoms with Crippen LogP contribution in [0.3, 0.4) is 0 Å². The van der Waals surface area contributed by atoms with E-state index < -0.39 is 30.5 Å². The lowest BCUT2D eigenvalue weighted by molar-refractivity contribution is -0.154. The fraction of sp³-hybridized carbons (Fsp3) is 0.278. The van der Waals surface area contributed by atoms with Crippen molar-refractivity contribution in [3.8, 4) is 11.6 Å². The standard InChI is InChI=1S/C18H17F3N2O5/c19-18(20,21)11-28-17-14(3-1-9-22-17)16(26)23-12-5-7-13(8-6-12)27-10-2-4-15(24)25/h1,3,5-9H,2,4,10-11H2,(H,23,26)(H,24,25). The number of pyridine rings is 1. The van der Waals surface area contributed by atoms with E-state index in [2.05, 4.69) is 15.0 Å². The number of benzene rings is 1. The number of nitrogens with one attached hydrogen (secondary N) is 1. The molecule has 0 atom stereocenters. The normalized spacial score (nSPS) is 11.0. The fourth-order valence-electron chi connectivity index (χ4n) is 2.08. The SMILES string of the molecule is O=C(O)CCCOc1ccc(NC(=O)c2cccnc2OCC(F)(F)F)cc1. The molecule has 1 aromatic carbocycles. The molecule has 1 amide bonds. The minimum atomic E-state index is -4.55. The van der Waals surface area contributed by atoms with Gasteiger partial charge in [-0.15, -0.1) is 0 Å². The molecule has 0 unspecified atom stereocenters. The molecule has 0 aliphatic heterocycles. The number of carboxylic acid groups (broad SMARTS) is 1. The van der Waals surface area contributed by atoms with Gasteiger partial charge in [-0.3, -0.25) is 9.59 Å². The molecule has 0 radical (unpaired) electrons. The maximum absolute atomic E-state index is 12.3. The predicted octanol–water partition coefficient (Wildman–Crippen LogP) is 3.52. The maximum atomic E-state index is 12.3. The fourth-order valence-corrected chi connectivity index (χ4v) is 2.08. The molecule has 1 heterocycles. The van der Waals surface area contributed by atoms with Crippen molar-refractivity contribution < 1.29 is 37.3 Å². The Hall–Kier alpha value is -3.30. The average molecular weight is 398 g/mol. The van der Waals surface area contributed by atoms with Crippen molar-refractivity contribution >= 4 is 17.6 Å². The molecular weight excluding hydrogens is 381 g/mol. The highest BCUT2D eigenvalue weighted by Gasteiger charge is 2.29. The van der Waals surface area contributed by atoms with Crippen LogP contribution in [0.15, 0.2) is 42.6 Å². The van der Waals surface area contributed by atoms with Crippen LogP contribution >= 0.6 is 0 Å². The van der Waals surface area contributed by atoms with E-state index >= 15 is 0 Å². The highest BCUT2D eigenvalue weighted by Crippen LogP contribution is 2.22. The van der Waals surface area contributed by atoms with Crippen molar-refractivity contribution in [3.63, 3.8) is 0 Å². The number of hydrogen-bond donors (Lipinski definition) is 2. The number of rotatable bonds is 9. The van der Waals surface area contributed by atoms with Gasteiger partial charge in [-0.1, -0.05) is 0 Å². The Balaban J connectivity index is 1.95. The number of carbonyl (C=O) groups excluding carboxylic acids is 1. The lowest BCUT2D eigenvalue weighted by atomic mass is 10.2. The predicted molar refractivity (Wildman–Crippen MR) is 92.5 cm³/mol. The van der Waals surface area contributed by atoms with Gasteiger partial charge in [0.2, 0.25) is 5.88 Å². The van der Waals surface area contributed by atoms with Gasteiger partial charge in [0.25, 0.3) is 5.91 Å². The van der Waals surface area contributed by atoms with E-state index in [9.17, 15) is 22.8 Å². The summed E-state index contributed by atoms with van der Waals surface area (Å²) in [5, 5.41) is 11.1. The van der Waals surface area contributed by atoms with Crippen LogP contribution in [0.4, 0.5) is 18.9 Å². The van der Waals surface area contributed by atoms with Gasteiger partial charge < -0.3 is 19.9 Å². The van der Waals surface area contributed by atoms with Crippen molar-refractivity contribution in [3.05, 3.63) is 48.2 Å². The van der Waals surface area contributed by atoms with Crippen molar-refractivity contribution in [1.82, 2.24) is 4.98 Å². The number of amides is 1. The molecule has 2 aromatic rings. The van der Waals surface area contributed by atoms with Gasteiger partial charge in [0.1, 0.15) is 11.3 Å². The number of hydrogen-bond acceptors (Lipinski definition) is 5. The van der Waals surface area contributed by atoms with E-state index in [1.54, 1.807) is 12.1 Å². The smallest absolute Gasteiger partial charge is 0.422 e. The first-order valence-corrected chi connectivity index (χ1v) is 8.15. The molecule has 0 aliphatic rings. The number of nitrogens with zero attached hydrogens (tertiary/aromatic N) is 1. The Bertz CT molecular complexity index is 810. The van der Waals surface area contributed by atoms with Crippen LogP contribution < -0.4 is 14.8 Å². The summed E-state index contributed by atoms with van der Waals surface area (Å²) >= 11 is 0. The summed E-state index contributed by atoms with van der Waals surface area (Å²) in [4.78, 5) is 26.4. The Morgan fingerprint density at radius 2 is 1.82 bits per heavy atom. The van der Waals surface area contributed by atoms with Crippen LogP contribution in [0, 0.1) is 0 Å². The molecule has 1 aromatic heterocycles. The quantitative estimate of drug-likeness (QED) is 0.628. The summed E-state index contributed by atoms with van der Waals surface area (Å²) in [6, 6.07) is 8.92. The van der Waals surface area contributed by atoms with E-state index in [0.717, 1.165) is 0 Å². The molecule has 0 aliphatic carbocycles. The number of anilines is 1. The van der Waals surface area contributed by atoms with Gasteiger partial charge in [0, 0.05) is 18.3 Å². The first-order chi connectivity index (χ1) is 13.2. The third-order valence-electron chi connectivity index (χ3n) is 3.30. The highest BCUT2D eigenvalue weighted by atomic mass is 19.4. The Labute approximate surface area is 158 Å². The first kappa shape index (κ1) is 21.0. The monoisotopic (exact) mass is 398 g/mol. The molecule has 2 N–H and O–H groups in total. The van der Waals surface area contributed by atoms with E-state index in [4.69, 9.17) is 9.84 Å². The number of alkyl halides is 3. The molecule has 0 fully saturated rings. The third-order valence-corrected chi connectivity index (χ3v) is 3.30. The van der Waals surface area contributed by atoms with Crippen LogP contribution in [-0.2, 0) is 4.79 Å². The van der Waals surface area contributed by atoms with Crippen molar-refractivity contribution in [2.45, 2.75) is 19.0 Å². The van der Waals surface area contributed by atoms with Gasteiger partial charge >= 0.3 is 12.1 Å². The second-order valence-corrected chi connectivity index (χ2v) is 5.58. The minimum Gasteiger partial charge on any atom is -0.494 e. The summed E-state index contributed by atoms with van der Waals surface area (Å²) in [7, 11) is 0. The van der Waals surface area contributed by atoms with Gasteiger partial charge in [0.15, 0.2) is 6.61 Å². The molecule has 7 nitrogen and oxygen atoms in total. The zero-order chi connectivity index (χ0) is 20.6. The molecule has 0 saturated carbocycles. The zero-order valence-corrected chi connectivity index (χ0v) is 14.5. The lowest BCUT2D eigenvalue weighted by Gasteiger charge is -2.12. The second kappa shape index (κ2) is 9.58. The average Bonchev–Trinajstić information content (AvgIpc) is 2.64. The van der Waals surface area contributed by atoms with Gasteiger partial charge in [-0.25, -0.2) is 4.98 Å². The Morgan fingerprint density at radius 1 is 1.11 bits per heavy atom. The molecule has 150 valence electrons. The Kier molecular flexibility index (Phi) is 7.19. The van der Waals surface area contributed by atoms with E-state index in [1.165, 1.54) is 30.5 Å². The topological polar surface area (TPSA) is 97.8 Å². The van der Waals surface area contributed by atoms with Gasteiger partial charge in [-0.05, 0) is 42.8 Å². The van der Waals surface area contributed by atoms with Gasteiger partial charge in [0.05, 0.1) is 6.61 Å². The molecule has 10 heteroatoms. The number of aromatic nitrogens is 1. The van der Waals surface area contributed by atoms with Crippen molar-refractivity contribution in [2.24, 2.45) is 0 Å². The second-order valence-electron chi connectivity index (χ2n) is 5.58. The van der Waals surface area contributed by atoms with Crippen LogP contribution in [-0.4, -0.2) is 41.4 Å². The molecule has 0 bridgehead atoms. The maximum Gasteiger partial charge on any atom is 0.422 e. The first-order valence-electron chi connectivity index (χ1n) is 8.15. The number of carbonyl (C=O) groups is 2. The van der Waals surface area contributed by atoms with Crippen molar-refractivity contribution in [2.75, 3.05) is 18.5 Å². The molecule has 2 rings (SSSR count). The summed E-state index contributed by atoms with van der Waals surface area (Å²) in [6.07, 6.45) is -2.97. The van der Waals surface area contributed by atoms with Gasteiger partial charge in [-0.2, -0.15) is 13.2 Å². The molecule has 0 spiro atoms. The van der Waals surface area contributed by atoms with Crippen LogP contribution in [0.1, 0.15) is 23.2 Å². The lowest BCUT2D eigenvalue weighted by Crippen LogP contribution is -2.21. The number of halogens is 3.